The summed E-state index contributed by atoms with van der Waals surface area (Å²) < 4.78 is 43.1. The van der Waals surface area contributed by atoms with Crippen molar-refractivity contribution in [3.63, 3.8) is 0 Å². The first kappa shape index (κ1) is 26.8. The van der Waals surface area contributed by atoms with Crippen molar-refractivity contribution in [1.29, 1.82) is 0 Å². The molecule has 4 aromatic rings. The highest BCUT2D eigenvalue weighted by atomic mass is 19.1. The summed E-state index contributed by atoms with van der Waals surface area (Å²) in [5.41, 5.74) is 6.53. The number of hydrogen-bond donors (Lipinski definition) is 5. The summed E-state index contributed by atoms with van der Waals surface area (Å²) in [5.74, 6) is -4.48. The van der Waals surface area contributed by atoms with Gasteiger partial charge in [0.05, 0.1) is 47.6 Å². The lowest BCUT2D eigenvalue weighted by molar-refractivity contribution is 0.1000. The van der Waals surface area contributed by atoms with E-state index in [0.717, 1.165) is 18.2 Å². The van der Waals surface area contributed by atoms with E-state index in [-0.39, 0.29) is 16.9 Å². The van der Waals surface area contributed by atoms with E-state index >= 15 is 4.39 Å². The number of nitrogens with one attached hydrogen (secondary N) is 3. The Morgan fingerprint density at radius 1 is 1.03 bits per heavy atom. The van der Waals surface area contributed by atoms with Gasteiger partial charge in [-0.25, -0.2) is 22.9 Å². The number of benzene rings is 1. The van der Waals surface area contributed by atoms with Crippen molar-refractivity contribution in [2.24, 2.45) is 5.73 Å². The van der Waals surface area contributed by atoms with Gasteiger partial charge in [0.1, 0.15) is 23.1 Å². The van der Waals surface area contributed by atoms with Crippen molar-refractivity contribution in [2.45, 2.75) is 25.9 Å². The molecule has 1 aromatic carbocycles. The summed E-state index contributed by atoms with van der Waals surface area (Å²) in [5, 5.41) is 25.0. The Morgan fingerprint density at radius 2 is 1.69 bits per heavy atom. The van der Waals surface area contributed by atoms with Crippen LogP contribution in [0.3, 0.4) is 0 Å². The number of nitrogens with zero attached hydrogens (tertiary/aromatic N) is 5. The van der Waals surface area contributed by atoms with Crippen molar-refractivity contribution in [2.75, 3.05) is 10.6 Å². The Hall–Kier alpha value is -5.21. The van der Waals surface area contributed by atoms with Gasteiger partial charge in [0.2, 0.25) is 0 Å². The molecule has 2 atom stereocenters. The molecule has 0 fully saturated rings. The minimum Gasteiger partial charge on any atom is -0.465 e. The van der Waals surface area contributed by atoms with Gasteiger partial charge in [-0.15, -0.1) is 4.80 Å². The highest BCUT2D eigenvalue weighted by Gasteiger charge is 2.25. The maximum atomic E-state index is 15.1. The van der Waals surface area contributed by atoms with Crippen molar-refractivity contribution < 1.29 is 27.9 Å². The number of carbonyl (C=O) groups is 2. The third-order valence-electron chi connectivity index (χ3n) is 5.59. The molecule has 0 aliphatic heterocycles. The van der Waals surface area contributed by atoms with Crippen LogP contribution in [0.15, 0.2) is 48.9 Å². The number of pyridine rings is 2. The van der Waals surface area contributed by atoms with Gasteiger partial charge in [-0.1, -0.05) is 0 Å². The molecule has 0 bridgehead atoms. The van der Waals surface area contributed by atoms with Crippen molar-refractivity contribution in [1.82, 2.24) is 30.3 Å². The predicted octanol–water partition coefficient (Wildman–Crippen LogP) is 3.43. The van der Waals surface area contributed by atoms with Crippen molar-refractivity contribution >= 4 is 29.3 Å². The molecule has 0 aliphatic rings. The summed E-state index contributed by atoms with van der Waals surface area (Å²) in [6, 6.07) is 2.83. The normalized spacial score (nSPS) is 12.4. The van der Waals surface area contributed by atoms with Crippen LogP contribution in [0.2, 0.25) is 0 Å². The van der Waals surface area contributed by atoms with E-state index in [1.807, 2.05) is 0 Å². The zero-order valence-electron chi connectivity index (χ0n) is 20.5. The summed E-state index contributed by atoms with van der Waals surface area (Å²) in [7, 11) is 0. The first-order valence-corrected chi connectivity index (χ1v) is 11.3. The van der Waals surface area contributed by atoms with E-state index < -0.39 is 47.4 Å². The van der Waals surface area contributed by atoms with Crippen LogP contribution in [0.1, 0.15) is 34.6 Å². The van der Waals surface area contributed by atoms with E-state index in [1.165, 1.54) is 30.3 Å². The Kier molecular flexibility index (Phi) is 7.60. The van der Waals surface area contributed by atoms with Crippen LogP contribution in [0.25, 0.3) is 5.69 Å². The molecule has 0 saturated heterocycles. The number of hydrogen-bond acceptors (Lipinski definition) is 8. The second kappa shape index (κ2) is 11.0. The molecule has 2 amide bonds. The summed E-state index contributed by atoms with van der Waals surface area (Å²) in [6.45, 7) is 3.14. The summed E-state index contributed by atoms with van der Waals surface area (Å²) >= 11 is 0. The van der Waals surface area contributed by atoms with Crippen molar-refractivity contribution in [3.8, 4) is 5.69 Å². The van der Waals surface area contributed by atoms with E-state index in [2.05, 4.69) is 36.1 Å². The Balaban J connectivity index is 1.75. The number of amides is 2. The number of carbonyl (C=O) groups excluding carboxylic acids is 1. The lowest BCUT2D eigenvalue weighted by atomic mass is 10.00. The topological polar surface area (TPSA) is 173 Å². The molecule has 39 heavy (non-hydrogen) atoms. The van der Waals surface area contributed by atoms with Crippen LogP contribution in [0.5, 0.6) is 0 Å². The van der Waals surface area contributed by atoms with Crippen LogP contribution >= 0.6 is 0 Å². The van der Waals surface area contributed by atoms with Gasteiger partial charge >= 0.3 is 6.09 Å². The van der Waals surface area contributed by atoms with Gasteiger partial charge in [-0.3, -0.25) is 9.78 Å². The lowest BCUT2D eigenvalue weighted by Crippen LogP contribution is -2.39. The molecule has 0 radical (unpaired) electrons. The highest BCUT2D eigenvalue weighted by molar-refractivity contribution is 5.98. The molecule has 12 nitrogen and oxygen atoms in total. The minimum absolute atomic E-state index is 0.0254. The number of aromatic nitrogens is 5. The van der Waals surface area contributed by atoms with Crippen LogP contribution in [0.4, 0.5) is 35.3 Å². The highest BCUT2D eigenvalue weighted by Crippen LogP contribution is 2.29. The number of rotatable bonds is 9. The van der Waals surface area contributed by atoms with Gasteiger partial charge < -0.3 is 26.8 Å². The number of aryl methyl sites for hydroxylation is 1. The molecule has 3 heterocycles. The van der Waals surface area contributed by atoms with E-state index in [1.54, 1.807) is 13.0 Å². The first-order valence-electron chi connectivity index (χ1n) is 11.3. The molecule has 0 unspecified atom stereocenters. The molecule has 0 aliphatic carbocycles. The minimum atomic E-state index is -1.42. The maximum Gasteiger partial charge on any atom is 0.404 e. The van der Waals surface area contributed by atoms with Crippen LogP contribution in [-0.4, -0.2) is 48.1 Å². The fourth-order valence-corrected chi connectivity index (χ4v) is 3.82. The fourth-order valence-electron chi connectivity index (χ4n) is 3.82. The molecular formula is C24H22F3N9O3. The first-order chi connectivity index (χ1) is 18.5. The Labute approximate surface area is 219 Å². The van der Waals surface area contributed by atoms with Crippen molar-refractivity contribution in [3.05, 3.63) is 83.2 Å². The largest absolute Gasteiger partial charge is 0.465 e. The second-order valence-corrected chi connectivity index (χ2v) is 8.41. The molecular weight excluding hydrogens is 519 g/mol. The van der Waals surface area contributed by atoms with Crippen LogP contribution in [0, 0.1) is 24.4 Å². The van der Waals surface area contributed by atoms with Gasteiger partial charge in [0.15, 0.2) is 11.6 Å². The van der Waals surface area contributed by atoms with E-state index in [4.69, 9.17) is 5.73 Å². The molecule has 3 aromatic heterocycles. The van der Waals surface area contributed by atoms with Gasteiger partial charge in [0.25, 0.3) is 5.91 Å². The second-order valence-electron chi connectivity index (χ2n) is 8.41. The Morgan fingerprint density at radius 3 is 2.31 bits per heavy atom. The third-order valence-corrected chi connectivity index (χ3v) is 5.59. The number of nitrogens with two attached hydrogens (primary N) is 1. The Bertz CT molecular complexity index is 1510. The standard InChI is InChI=1S/C24H22F3N9O3/c1-11-19(36-30-3-4-31-36)8-16(10-29-11)33-22-17(21(28)37)9-18(27)23(35-22)34-20(12(2)32-24(38)39)13-5-14(25)7-15(26)6-13/h3-10,12,20,32H,1-2H3,(H2,28,37)(H,38,39)(H2,33,34,35)/t12-,20-/m0/s1. The molecule has 15 heteroatoms. The number of anilines is 3. The molecule has 0 saturated carbocycles. The monoisotopic (exact) mass is 541 g/mol. The zero-order valence-corrected chi connectivity index (χ0v) is 20.5. The average molecular weight is 541 g/mol. The van der Waals surface area contributed by atoms with Crippen LogP contribution < -0.4 is 21.7 Å². The molecule has 6 N–H and O–H groups in total. The fraction of sp³-hybridized carbons (Fsp3) is 0.167. The number of primary amides is 1. The van der Waals surface area contributed by atoms with Gasteiger partial charge in [-0.05, 0) is 43.7 Å². The van der Waals surface area contributed by atoms with Crippen LogP contribution in [-0.2, 0) is 0 Å². The van der Waals surface area contributed by atoms with Gasteiger partial charge in [0, 0.05) is 6.07 Å². The summed E-state index contributed by atoms with van der Waals surface area (Å²) in [4.78, 5) is 33.1. The average Bonchev–Trinajstić information content (AvgIpc) is 3.38. The molecule has 202 valence electrons. The molecule has 0 spiro atoms. The van der Waals surface area contributed by atoms with E-state index in [0.29, 0.717) is 23.1 Å². The quantitative estimate of drug-likeness (QED) is 0.213. The number of halogens is 3. The summed E-state index contributed by atoms with van der Waals surface area (Å²) in [6.07, 6.45) is 2.97. The predicted molar refractivity (Wildman–Crippen MR) is 133 cm³/mol. The molecule has 4 rings (SSSR count). The lowest BCUT2D eigenvalue weighted by Gasteiger charge is -2.27. The number of carboxylic acid groups (broad SMARTS) is 1. The van der Waals surface area contributed by atoms with E-state index in [9.17, 15) is 23.5 Å². The van der Waals surface area contributed by atoms with Gasteiger partial charge in [-0.2, -0.15) is 10.2 Å². The third kappa shape index (κ3) is 6.20. The zero-order chi connectivity index (χ0) is 28.3. The SMILES string of the molecule is Cc1ncc(Nc2nc(N[C@H](c3cc(F)cc(F)c3)[C@H](C)NC(=O)O)c(F)cc2C(N)=O)cc1-n1nccn1. The smallest absolute Gasteiger partial charge is 0.404 e. The maximum absolute atomic E-state index is 15.1.